The number of ether oxygens (including phenoxy) is 1. The van der Waals surface area contributed by atoms with Crippen LogP contribution in [0.25, 0.3) is 0 Å². The van der Waals surface area contributed by atoms with Gasteiger partial charge >= 0.3 is 0 Å². The summed E-state index contributed by atoms with van der Waals surface area (Å²) in [5.41, 5.74) is 2.21. The van der Waals surface area contributed by atoms with Crippen molar-refractivity contribution in [1.82, 2.24) is 9.91 Å². The number of nitrogens with zero attached hydrogens (tertiary/aromatic N) is 3. The van der Waals surface area contributed by atoms with Crippen molar-refractivity contribution in [2.45, 2.75) is 6.54 Å². The maximum Gasteiger partial charge on any atom is 0.128 e. The molecule has 4 rings (SSSR count). The Bertz CT molecular complexity index is 953. The van der Waals surface area contributed by atoms with E-state index >= 15 is 0 Å². The van der Waals surface area contributed by atoms with Crippen LogP contribution in [0, 0.1) is 0 Å². The minimum Gasteiger partial charge on any atom is -0.457 e. The Labute approximate surface area is 177 Å². The molecule has 3 aromatic carbocycles. The molecule has 0 spiro atoms. The van der Waals surface area contributed by atoms with Crippen LogP contribution >= 0.6 is 11.6 Å². The predicted molar refractivity (Wildman–Crippen MR) is 119 cm³/mol. The lowest BCUT2D eigenvalue weighted by atomic mass is 10.2. The molecule has 0 aliphatic carbocycles. The fraction of sp³-hybridized carbons (Fsp3) is 0.208. The Kier molecular flexibility index (Phi) is 6.45. The number of hydrazone groups is 1. The standard InChI is InChI=1S/C24H24ClN3O/c25-24-12-5-4-8-21(24)19-27-13-15-28(16-14-27)26-18-20-7-6-11-23(17-20)29-22-9-2-1-3-10-22/h1-12,17-18H,13-16,19H2/b26-18-. The van der Waals surface area contributed by atoms with Crippen molar-refractivity contribution in [3.63, 3.8) is 0 Å². The molecule has 3 aromatic rings. The van der Waals surface area contributed by atoms with Crippen molar-refractivity contribution in [2.24, 2.45) is 5.10 Å². The monoisotopic (exact) mass is 405 g/mol. The zero-order valence-corrected chi connectivity index (χ0v) is 17.0. The molecule has 0 bridgehead atoms. The topological polar surface area (TPSA) is 28.1 Å². The molecule has 1 aliphatic rings. The van der Waals surface area contributed by atoms with Crippen molar-refractivity contribution in [3.05, 3.63) is 95.0 Å². The Morgan fingerprint density at radius 2 is 1.55 bits per heavy atom. The summed E-state index contributed by atoms with van der Waals surface area (Å²) >= 11 is 6.28. The Hall–Kier alpha value is -2.82. The van der Waals surface area contributed by atoms with Crippen LogP contribution in [0.4, 0.5) is 0 Å². The van der Waals surface area contributed by atoms with E-state index in [-0.39, 0.29) is 0 Å². The zero-order valence-electron chi connectivity index (χ0n) is 16.2. The van der Waals surface area contributed by atoms with Crippen molar-refractivity contribution in [3.8, 4) is 11.5 Å². The summed E-state index contributed by atoms with van der Waals surface area (Å²) in [6, 6.07) is 25.8. The molecule has 148 valence electrons. The normalized spacial score (nSPS) is 15.0. The largest absolute Gasteiger partial charge is 0.457 e. The molecular weight excluding hydrogens is 382 g/mol. The molecule has 4 nitrogen and oxygen atoms in total. The molecule has 29 heavy (non-hydrogen) atoms. The molecule has 1 saturated heterocycles. The molecule has 0 saturated carbocycles. The Morgan fingerprint density at radius 1 is 0.828 bits per heavy atom. The second-order valence-electron chi connectivity index (χ2n) is 7.05. The summed E-state index contributed by atoms with van der Waals surface area (Å²) in [5.74, 6) is 1.64. The molecule has 0 amide bonds. The van der Waals surface area contributed by atoms with Gasteiger partial charge in [0.1, 0.15) is 11.5 Å². The lowest BCUT2D eigenvalue weighted by Gasteiger charge is -2.33. The van der Waals surface area contributed by atoms with Crippen LogP contribution in [-0.4, -0.2) is 42.3 Å². The average molecular weight is 406 g/mol. The fourth-order valence-electron chi connectivity index (χ4n) is 3.31. The third-order valence-electron chi connectivity index (χ3n) is 4.91. The number of piperazine rings is 1. The van der Waals surface area contributed by atoms with E-state index in [1.165, 1.54) is 5.56 Å². The molecule has 0 radical (unpaired) electrons. The van der Waals surface area contributed by atoms with Gasteiger partial charge in [-0.25, -0.2) is 0 Å². The summed E-state index contributed by atoms with van der Waals surface area (Å²) in [7, 11) is 0. The zero-order chi connectivity index (χ0) is 19.9. The van der Waals surface area contributed by atoms with Crippen LogP contribution in [0.2, 0.25) is 5.02 Å². The number of hydrogen-bond acceptors (Lipinski definition) is 4. The van der Waals surface area contributed by atoms with Gasteiger partial charge in [0.2, 0.25) is 0 Å². The third-order valence-corrected chi connectivity index (χ3v) is 5.28. The number of halogens is 1. The SMILES string of the molecule is Clc1ccccc1CN1CCN(/N=C\c2cccc(Oc3ccccc3)c2)CC1. The molecule has 1 heterocycles. The van der Waals surface area contributed by atoms with Gasteiger partial charge in [-0.2, -0.15) is 5.10 Å². The van der Waals surface area contributed by atoms with Gasteiger partial charge in [-0.05, 0) is 41.5 Å². The molecule has 0 atom stereocenters. The maximum atomic E-state index is 6.28. The van der Waals surface area contributed by atoms with Crippen LogP contribution in [0.1, 0.15) is 11.1 Å². The van der Waals surface area contributed by atoms with Crippen molar-refractivity contribution < 1.29 is 4.74 Å². The van der Waals surface area contributed by atoms with Gasteiger partial charge in [-0.3, -0.25) is 9.91 Å². The van der Waals surface area contributed by atoms with Crippen LogP contribution in [0.3, 0.4) is 0 Å². The van der Waals surface area contributed by atoms with Gasteiger partial charge in [0.25, 0.3) is 0 Å². The molecule has 1 fully saturated rings. The van der Waals surface area contributed by atoms with Gasteiger partial charge in [0.05, 0.1) is 6.21 Å². The van der Waals surface area contributed by atoms with Crippen LogP contribution < -0.4 is 4.74 Å². The second kappa shape index (κ2) is 9.59. The Morgan fingerprint density at radius 3 is 2.34 bits per heavy atom. The van der Waals surface area contributed by atoms with E-state index in [1.54, 1.807) is 0 Å². The number of para-hydroxylation sites is 1. The first-order valence-electron chi connectivity index (χ1n) is 9.84. The van der Waals surface area contributed by atoms with Crippen LogP contribution in [0.5, 0.6) is 11.5 Å². The van der Waals surface area contributed by atoms with E-state index in [1.807, 2.05) is 79.0 Å². The van der Waals surface area contributed by atoms with Gasteiger partial charge < -0.3 is 4.74 Å². The third kappa shape index (κ3) is 5.59. The fourth-order valence-corrected chi connectivity index (χ4v) is 3.51. The molecule has 0 N–H and O–H groups in total. The van der Waals surface area contributed by atoms with Crippen molar-refractivity contribution in [2.75, 3.05) is 26.2 Å². The number of rotatable bonds is 6. The minimum absolute atomic E-state index is 0.810. The number of hydrogen-bond donors (Lipinski definition) is 0. The lowest BCUT2D eigenvalue weighted by molar-refractivity contribution is 0.131. The average Bonchev–Trinajstić information content (AvgIpc) is 2.76. The van der Waals surface area contributed by atoms with Crippen LogP contribution in [0.15, 0.2) is 84.0 Å². The highest BCUT2D eigenvalue weighted by molar-refractivity contribution is 6.31. The summed E-state index contributed by atoms with van der Waals surface area (Å²) in [6.45, 7) is 4.64. The van der Waals surface area contributed by atoms with Gasteiger partial charge in [-0.1, -0.05) is 60.1 Å². The first-order valence-corrected chi connectivity index (χ1v) is 10.2. The van der Waals surface area contributed by atoms with Crippen molar-refractivity contribution >= 4 is 17.8 Å². The van der Waals surface area contributed by atoms with Crippen molar-refractivity contribution in [1.29, 1.82) is 0 Å². The van der Waals surface area contributed by atoms with E-state index in [2.05, 4.69) is 21.1 Å². The number of benzene rings is 3. The van der Waals surface area contributed by atoms with E-state index < -0.39 is 0 Å². The van der Waals surface area contributed by atoms with E-state index in [4.69, 9.17) is 16.3 Å². The highest BCUT2D eigenvalue weighted by Crippen LogP contribution is 2.21. The molecule has 1 aliphatic heterocycles. The molecule has 5 heteroatoms. The molecule has 0 aromatic heterocycles. The summed E-state index contributed by atoms with van der Waals surface area (Å²) in [6.07, 6.45) is 1.90. The van der Waals surface area contributed by atoms with Gasteiger partial charge in [0.15, 0.2) is 0 Å². The smallest absolute Gasteiger partial charge is 0.128 e. The second-order valence-corrected chi connectivity index (χ2v) is 7.46. The quantitative estimate of drug-likeness (QED) is 0.522. The van der Waals surface area contributed by atoms with E-state index in [0.717, 1.165) is 54.8 Å². The molecule has 0 unspecified atom stereocenters. The van der Waals surface area contributed by atoms with E-state index in [0.29, 0.717) is 0 Å². The summed E-state index contributed by atoms with van der Waals surface area (Å²) in [4.78, 5) is 2.42. The van der Waals surface area contributed by atoms with E-state index in [9.17, 15) is 0 Å². The Balaban J connectivity index is 1.30. The predicted octanol–water partition coefficient (Wildman–Crippen LogP) is 5.28. The van der Waals surface area contributed by atoms with Gasteiger partial charge in [-0.15, -0.1) is 0 Å². The summed E-state index contributed by atoms with van der Waals surface area (Å²) in [5, 5.41) is 7.62. The lowest BCUT2D eigenvalue weighted by Crippen LogP contribution is -2.43. The first-order chi connectivity index (χ1) is 14.3. The van der Waals surface area contributed by atoms with Gasteiger partial charge in [0, 0.05) is 37.7 Å². The van der Waals surface area contributed by atoms with Crippen LogP contribution in [-0.2, 0) is 6.54 Å². The highest BCUT2D eigenvalue weighted by atomic mass is 35.5. The minimum atomic E-state index is 0.810. The highest BCUT2D eigenvalue weighted by Gasteiger charge is 2.16. The maximum absolute atomic E-state index is 6.28. The molecular formula is C24H24ClN3O. The summed E-state index contributed by atoms with van der Waals surface area (Å²) < 4.78 is 5.90. The first kappa shape index (κ1) is 19.5.